The Kier molecular flexibility index (Phi) is 4.61. The first-order valence-corrected chi connectivity index (χ1v) is 8.35. The maximum Gasteiger partial charge on any atom is 0.0400 e. The highest BCUT2D eigenvalue weighted by molar-refractivity contribution is 9.10. The molecule has 2 aromatic rings. The largest absolute Gasteiger partial charge is 0.371 e. The van der Waals surface area contributed by atoms with E-state index < -0.39 is 0 Å². The molecule has 1 aliphatic rings. The van der Waals surface area contributed by atoms with Crippen LogP contribution in [-0.2, 0) is 6.42 Å². The summed E-state index contributed by atoms with van der Waals surface area (Å²) in [7, 11) is 0. The van der Waals surface area contributed by atoms with Crippen molar-refractivity contribution in [1.29, 1.82) is 0 Å². The molecule has 2 aromatic carbocycles. The van der Waals surface area contributed by atoms with Gasteiger partial charge in [0.15, 0.2) is 0 Å². The van der Waals surface area contributed by atoms with E-state index in [2.05, 4.69) is 69.4 Å². The summed E-state index contributed by atoms with van der Waals surface area (Å²) >= 11 is 3.56. The maximum atomic E-state index is 5.76. The van der Waals surface area contributed by atoms with Gasteiger partial charge in [-0.05, 0) is 48.7 Å². The molecule has 0 aromatic heterocycles. The monoisotopic (exact) mass is 344 g/mol. The van der Waals surface area contributed by atoms with Gasteiger partial charge in [-0.2, -0.15) is 0 Å². The van der Waals surface area contributed by atoms with Crippen molar-refractivity contribution in [2.75, 3.05) is 24.5 Å². The van der Waals surface area contributed by atoms with Crippen LogP contribution in [0.1, 0.15) is 23.5 Å². The van der Waals surface area contributed by atoms with Crippen LogP contribution in [0.25, 0.3) is 0 Å². The van der Waals surface area contributed by atoms with Crippen molar-refractivity contribution in [3.8, 4) is 0 Å². The van der Waals surface area contributed by atoms with Crippen molar-refractivity contribution in [1.82, 2.24) is 0 Å². The van der Waals surface area contributed by atoms with Crippen molar-refractivity contribution in [3.05, 3.63) is 64.1 Å². The number of anilines is 1. The Hall–Kier alpha value is -1.32. The second kappa shape index (κ2) is 6.63. The molecular weight excluding hydrogens is 324 g/mol. The Balaban J connectivity index is 1.80. The molecule has 0 saturated carbocycles. The topological polar surface area (TPSA) is 29.3 Å². The first-order valence-electron chi connectivity index (χ1n) is 7.56. The van der Waals surface area contributed by atoms with Crippen LogP contribution in [0.4, 0.5) is 5.69 Å². The molecule has 1 aliphatic heterocycles. The quantitative estimate of drug-likeness (QED) is 0.909. The van der Waals surface area contributed by atoms with Gasteiger partial charge in [0, 0.05) is 29.2 Å². The molecule has 0 radical (unpaired) electrons. The fourth-order valence-corrected chi connectivity index (χ4v) is 3.60. The summed E-state index contributed by atoms with van der Waals surface area (Å²) in [5.74, 6) is 0.639. The second-order valence-corrected chi connectivity index (χ2v) is 6.57. The van der Waals surface area contributed by atoms with Gasteiger partial charge in [0.05, 0.1) is 0 Å². The van der Waals surface area contributed by atoms with Gasteiger partial charge in [-0.3, -0.25) is 0 Å². The molecule has 1 fully saturated rings. The third kappa shape index (κ3) is 3.30. The highest BCUT2D eigenvalue weighted by atomic mass is 79.9. The summed E-state index contributed by atoms with van der Waals surface area (Å²) < 4.78 is 1.13. The van der Waals surface area contributed by atoms with E-state index in [4.69, 9.17) is 5.73 Å². The SMILES string of the molecule is NCCc1cc(Br)ccc1N1CCC(c2ccccc2)C1. The second-order valence-electron chi connectivity index (χ2n) is 5.65. The minimum absolute atomic E-state index is 0.639. The van der Waals surface area contributed by atoms with Crippen LogP contribution < -0.4 is 10.6 Å². The molecule has 3 heteroatoms. The minimum atomic E-state index is 0.639. The first-order chi connectivity index (χ1) is 10.3. The molecule has 0 spiro atoms. The van der Waals surface area contributed by atoms with Crippen molar-refractivity contribution < 1.29 is 0 Å². The Morgan fingerprint density at radius 1 is 1.14 bits per heavy atom. The zero-order chi connectivity index (χ0) is 14.7. The number of nitrogens with zero attached hydrogens (tertiary/aromatic N) is 1. The molecule has 0 aliphatic carbocycles. The predicted octanol–water partition coefficient (Wildman–Crippen LogP) is 3.94. The van der Waals surface area contributed by atoms with Crippen LogP contribution in [0.5, 0.6) is 0 Å². The average Bonchev–Trinajstić information content (AvgIpc) is 2.98. The lowest BCUT2D eigenvalue weighted by Crippen LogP contribution is -2.21. The van der Waals surface area contributed by atoms with Crippen molar-refractivity contribution >= 4 is 21.6 Å². The molecule has 110 valence electrons. The van der Waals surface area contributed by atoms with Crippen LogP contribution in [0.2, 0.25) is 0 Å². The van der Waals surface area contributed by atoms with E-state index in [1.165, 1.54) is 23.2 Å². The van der Waals surface area contributed by atoms with E-state index >= 15 is 0 Å². The zero-order valence-electron chi connectivity index (χ0n) is 12.1. The van der Waals surface area contributed by atoms with Crippen LogP contribution in [0.15, 0.2) is 53.0 Å². The van der Waals surface area contributed by atoms with Gasteiger partial charge >= 0.3 is 0 Å². The normalized spacial score (nSPS) is 18.2. The van der Waals surface area contributed by atoms with E-state index in [-0.39, 0.29) is 0 Å². The number of nitrogens with two attached hydrogens (primary N) is 1. The van der Waals surface area contributed by atoms with Crippen LogP contribution >= 0.6 is 15.9 Å². The van der Waals surface area contributed by atoms with E-state index in [0.717, 1.165) is 24.0 Å². The number of hydrogen-bond donors (Lipinski definition) is 1. The van der Waals surface area contributed by atoms with Gasteiger partial charge in [0.2, 0.25) is 0 Å². The molecule has 1 saturated heterocycles. The Morgan fingerprint density at radius 2 is 1.95 bits per heavy atom. The van der Waals surface area contributed by atoms with Crippen LogP contribution in [0.3, 0.4) is 0 Å². The van der Waals surface area contributed by atoms with Gasteiger partial charge in [-0.15, -0.1) is 0 Å². The molecule has 0 amide bonds. The molecule has 1 atom stereocenters. The summed E-state index contributed by atoms with van der Waals surface area (Å²) in [4.78, 5) is 2.51. The molecule has 0 bridgehead atoms. The molecule has 21 heavy (non-hydrogen) atoms. The van der Waals surface area contributed by atoms with E-state index in [0.29, 0.717) is 12.5 Å². The van der Waals surface area contributed by atoms with E-state index in [1.807, 2.05) is 0 Å². The molecule has 2 nitrogen and oxygen atoms in total. The van der Waals surface area contributed by atoms with Crippen LogP contribution in [0, 0.1) is 0 Å². The highest BCUT2D eigenvalue weighted by Crippen LogP contribution is 2.33. The number of hydrogen-bond acceptors (Lipinski definition) is 2. The summed E-state index contributed by atoms with van der Waals surface area (Å²) in [5, 5.41) is 0. The lowest BCUT2D eigenvalue weighted by atomic mass is 9.99. The summed E-state index contributed by atoms with van der Waals surface area (Å²) in [6.07, 6.45) is 2.16. The van der Waals surface area contributed by atoms with Crippen molar-refractivity contribution in [2.45, 2.75) is 18.8 Å². The van der Waals surface area contributed by atoms with Crippen LogP contribution in [-0.4, -0.2) is 19.6 Å². The highest BCUT2D eigenvalue weighted by Gasteiger charge is 2.25. The smallest absolute Gasteiger partial charge is 0.0400 e. The molecule has 3 rings (SSSR count). The van der Waals surface area contributed by atoms with Crippen molar-refractivity contribution in [2.24, 2.45) is 5.73 Å². The van der Waals surface area contributed by atoms with E-state index in [9.17, 15) is 0 Å². The molecule has 1 unspecified atom stereocenters. The third-order valence-electron chi connectivity index (χ3n) is 4.26. The van der Waals surface area contributed by atoms with Gasteiger partial charge in [-0.25, -0.2) is 0 Å². The van der Waals surface area contributed by atoms with Gasteiger partial charge in [0.25, 0.3) is 0 Å². The fraction of sp³-hybridized carbons (Fsp3) is 0.333. The Labute approximate surface area is 135 Å². The van der Waals surface area contributed by atoms with Gasteiger partial charge < -0.3 is 10.6 Å². The molecular formula is C18H21BrN2. The number of halogens is 1. The van der Waals surface area contributed by atoms with Crippen molar-refractivity contribution in [3.63, 3.8) is 0 Å². The first kappa shape index (κ1) is 14.6. The van der Waals surface area contributed by atoms with E-state index in [1.54, 1.807) is 0 Å². The summed E-state index contributed by atoms with van der Waals surface area (Å²) in [5.41, 5.74) is 9.92. The standard InChI is InChI=1S/C18H21BrN2/c19-17-6-7-18(15(12-17)8-10-20)21-11-9-16(13-21)14-4-2-1-3-5-14/h1-7,12,16H,8-11,13,20H2. The summed E-state index contributed by atoms with van der Waals surface area (Å²) in [6, 6.07) is 17.4. The predicted molar refractivity (Wildman–Crippen MR) is 92.9 cm³/mol. The number of benzene rings is 2. The lowest BCUT2D eigenvalue weighted by Gasteiger charge is -2.22. The lowest BCUT2D eigenvalue weighted by molar-refractivity contribution is 0.774. The summed E-state index contributed by atoms with van der Waals surface area (Å²) in [6.45, 7) is 2.92. The Bertz CT molecular complexity index is 597. The molecule has 2 N–H and O–H groups in total. The van der Waals surface area contributed by atoms with Gasteiger partial charge in [-0.1, -0.05) is 46.3 Å². The zero-order valence-corrected chi connectivity index (χ0v) is 13.7. The Morgan fingerprint density at radius 3 is 2.71 bits per heavy atom. The number of rotatable bonds is 4. The maximum absolute atomic E-state index is 5.76. The average molecular weight is 345 g/mol. The molecule has 1 heterocycles. The third-order valence-corrected chi connectivity index (χ3v) is 4.75. The van der Waals surface area contributed by atoms with Gasteiger partial charge in [0.1, 0.15) is 0 Å². The minimum Gasteiger partial charge on any atom is -0.371 e. The fourth-order valence-electron chi connectivity index (χ4n) is 3.19.